The lowest BCUT2D eigenvalue weighted by atomic mass is 10.1. The number of halogens is 1. The zero-order chi connectivity index (χ0) is 20.6. The van der Waals surface area contributed by atoms with Crippen LogP contribution in [-0.2, 0) is 16.1 Å². The van der Waals surface area contributed by atoms with Crippen LogP contribution >= 0.6 is 0 Å². The molecule has 2 N–H and O–H groups in total. The second-order valence-corrected chi connectivity index (χ2v) is 7.47. The fourth-order valence-corrected chi connectivity index (χ4v) is 2.43. The Balaban J connectivity index is 1.70. The average Bonchev–Trinajstić information content (AvgIpc) is 2.62. The van der Waals surface area contributed by atoms with Crippen molar-refractivity contribution >= 4 is 12.0 Å². The minimum atomic E-state index is -0.632. The molecule has 152 valence electrons. The summed E-state index contributed by atoms with van der Waals surface area (Å²) < 4.78 is 23.9. The molecule has 1 aliphatic rings. The predicted octanol–water partition coefficient (Wildman–Crippen LogP) is 3.78. The van der Waals surface area contributed by atoms with Crippen LogP contribution in [0.1, 0.15) is 39.2 Å². The van der Waals surface area contributed by atoms with Crippen LogP contribution in [0, 0.1) is 0 Å². The molecule has 0 aromatic heterocycles. The summed E-state index contributed by atoms with van der Waals surface area (Å²) in [6, 6.07) is 7.26. The van der Waals surface area contributed by atoms with Gasteiger partial charge in [0.2, 0.25) is 5.91 Å². The van der Waals surface area contributed by atoms with Crippen molar-refractivity contribution in [1.82, 2.24) is 10.6 Å². The van der Waals surface area contributed by atoms with Crippen molar-refractivity contribution in [2.24, 2.45) is 0 Å². The molecule has 0 spiro atoms. The van der Waals surface area contributed by atoms with Crippen LogP contribution in [0.15, 0.2) is 47.8 Å². The van der Waals surface area contributed by atoms with Gasteiger partial charge in [0.05, 0.1) is 0 Å². The highest BCUT2D eigenvalue weighted by molar-refractivity contribution is 5.82. The van der Waals surface area contributed by atoms with Crippen LogP contribution in [0.4, 0.5) is 9.18 Å². The number of hydrogen-bond acceptors (Lipinski definition) is 4. The third-order valence-corrected chi connectivity index (χ3v) is 3.74. The summed E-state index contributed by atoms with van der Waals surface area (Å²) in [4.78, 5) is 23.3. The van der Waals surface area contributed by atoms with Gasteiger partial charge in [0, 0.05) is 13.0 Å². The maximum Gasteiger partial charge on any atom is 0.408 e. The molecule has 2 amide bonds. The molecular weight excluding hydrogens is 363 g/mol. The minimum Gasteiger partial charge on any atom is -0.489 e. The van der Waals surface area contributed by atoms with E-state index in [1.165, 1.54) is 6.08 Å². The van der Waals surface area contributed by atoms with Gasteiger partial charge in [-0.1, -0.05) is 18.2 Å². The van der Waals surface area contributed by atoms with E-state index in [0.29, 0.717) is 31.7 Å². The van der Waals surface area contributed by atoms with Crippen molar-refractivity contribution in [3.05, 3.63) is 53.4 Å². The van der Waals surface area contributed by atoms with Crippen LogP contribution in [0.25, 0.3) is 0 Å². The van der Waals surface area contributed by atoms with Crippen LogP contribution in [0.3, 0.4) is 0 Å². The molecule has 2 rings (SSSR count). The average molecular weight is 390 g/mol. The summed E-state index contributed by atoms with van der Waals surface area (Å²) >= 11 is 0. The van der Waals surface area contributed by atoms with E-state index >= 15 is 0 Å². The molecule has 0 aliphatic heterocycles. The number of benzene rings is 1. The van der Waals surface area contributed by atoms with Gasteiger partial charge in [-0.15, -0.1) is 0 Å². The van der Waals surface area contributed by atoms with Crippen LogP contribution in [0.5, 0.6) is 5.75 Å². The van der Waals surface area contributed by atoms with E-state index in [-0.39, 0.29) is 18.3 Å². The topological polar surface area (TPSA) is 76.7 Å². The largest absolute Gasteiger partial charge is 0.489 e. The number of rotatable bonds is 7. The number of carbonyl (C=O) groups excluding carboxylic acids is 2. The molecule has 0 atom stereocenters. The summed E-state index contributed by atoms with van der Waals surface area (Å²) in [7, 11) is 0. The van der Waals surface area contributed by atoms with Gasteiger partial charge in [0.15, 0.2) is 0 Å². The third kappa shape index (κ3) is 8.24. The molecule has 0 unspecified atom stereocenters. The number of hydrogen-bond donors (Lipinski definition) is 2. The molecule has 1 aromatic carbocycles. The van der Waals surface area contributed by atoms with Crippen LogP contribution in [0.2, 0.25) is 0 Å². The summed E-state index contributed by atoms with van der Waals surface area (Å²) in [6.45, 7) is 5.74. The second-order valence-electron chi connectivity index (χ2n) is 7.47. The van der Waals surface area contributed by atoms with Gasteiger partial charge in [-0.05, 0) is 56.5 Å². The third-order valence-electron chi connectivity index (χ3n) is 3.74. The molecule has 0 heterocycles. The Morgan fingerprint density at radius 1 is 1.14 bits per heavy atom. The summed E-state index contributed by atoms with van der Waals surface area (Å²) in [5.74, 6) is 0.236. The predicted molar refractivity (Wildman–Crippen MR) is 105 cm³/mol. The molecule has 1 aromatic rings. The lowest BCUT2D eigenvalue weighted by molar-refractivity contribution is -0.120. The highest BCUT2D eigenvalue weighted by Crippen LogP contribution is 2.19. The Bertz CT molecular complexity index is 749. The SMILES string of the molecule is CC(C)(C)OC(=O)NCC(=O)NCc1ccc(OCC2=CCCC(F)=C2)cc1. The summed E-state index contributed by atoms with van der Waals surface area (Å²) in [5.41, 5.74) is 1.11. The first-order valence-electron chi connectivity index (χ1n) is 9.22. The van der Waals surface area contributed by atoms with Crippen molar-refractivity contribution in [2.45, 2.75) is 45.8 Å². The van der Waals surface area contributed by atoms with E-state index in [4.69, 9.17) is 9.47 Å². The molecule has 0 saturated heterocycles. The van der Waals surface area contributed by atoms with Crippen LogP contribution in [-0.4, -0.2) is 30.8 Å². The van der Waals surface area contributed by atoms with E-state index in [2.05, 4.69) is 10.6 Å². The highest BCUT2D eigenvalue weighted by atomic mass is 19.1. The zero-order valence-corrected chi connectivity index (χ0v) is 16.5. The van der Waals surface area contributed by atoms with E-state index in [1.807, 2.05) is 18.2 Å². The summed E-state index contributed by atoms with van der Waals surface area (Å²) in [5, 5.41) is 5.12. The fourth-order valence-electron chi connectivity index (χ4n) is 2.43. The first-order chi connectivity index (χ1) is 13.2. The Morgan fingerprint density at radius 2 is 1.86 bits per heavy atom. The van der Waals surface area contributed by atoms with Crippen molar-refractivity contribution in [3.63, 3.8) is 0 Å². The highest BCUT2D eigenvalue weighted by Gasteiger charge is 2.16. The van der Waals surface area contributed by atoms with Gasteiger partial charge in [-0.3, -0.25) is 4.79 Å². The molecule has 0 radical (unpaired) electrons. The molecule has 28 heavy (non-hydrogen) atoms. The second kappa shape index (κ2) is 9.92. The van der Waals surface area contributed by atoms with Gasteiger partial charge in [-0.25, -0.2) is 9.18 Å². The normalized spacial score (nSPS) is 13.9. The maximum atomic E-state index is 13.2. The Hall–Kier alpha value is -2.83. The van der Waals surface area contributed by atoms with Gasteiger partial charge < -0.3 is 20.1 Å². The molecule has 0 saturated carbocycles. The van der Waals surface area contributed by atoms with Crippen molar-refractivity contribution in [3.8, 4) is 5.75 Å². The maximum absolute atomic E-state index is 13.2. The van der Waals surface area contributed by atoms with Gasteiger partial charge in [0.1, 0.15) is 30.3 Å². The zero-order valence-electron chi connectivity index (χ0n) is 16.5. The molecule has 0 bridgehead atoms. The van der Waals surface area contributed by atoms with Crippen molar-refractivity contribution in [1.29, 1.82) is 0 Å². The van der Waals surface area contributed by atoms with E-state index < -0.39 is 11.7 Å². The smallest absolute Gasteiger partial charge is 0.408 e. The number of ether oxygens (including phenoxy) is 2. The van der Waals surface area contributed by atoms with Crippen molar-refractivity contribution < 1.29 is 23.5 Å². The monoisotopic (exact) mass is 390 g/mol. The van der Waals surface area contributed by atoms with Crippen LogP contribution < -0.4 is 15.4 Å². The fraction of sp³-hybridized carbons (Fsp3) is 0.429. The molecular formula is C21H27FN2O4. The number of alkyl carbamates (subject to hydrolysis) is 1. The molecule has 0 fully saturated rings. The van der Waals surface area contributed by atoms with E-state index in [1.54, 1.807) is 32.9 Å². The van der Waals surface area contributed by atoms with Gasteiger partial charge in [-0.2, -0.15) is 0 Å². The number of amides is 2. The van der Waals surface area contributed by atoms with Gasteiger partial charge in [0.25, 0.3) is 0 Å². The summed E-state index contributed by atoms with van der Waals surface area (Å²) in [6.07, 6.45) is 4.00. The quantitative estimate of drug-likeness (QED) is 0.743. The first kappa shape index (κ1) is 21.5. The van der Waals surface area contributed by atoms with E-state index in [0.717, 1.165) is 11.1 Å². The minimum absolute atomic E-state index is 0.117. The Kier molecular flexibility index (Phi) is 7.61. The van der Waals surface area contributed by atoms with Gasteiger partial charge >= 0.3 is 6.09 Å². The number of nitrogens with one attached hydrogen (secondary N) is 2. The lowest BCUT2D eigenvalue weighted by Crippen LogP contribution is -2.39. The number of carbonyl (C=O) groups is 2. The number of allylic oxidation sites excluding steroid dienone is 2. The standard InChI is InChI=1S/C21H27FN2O4/c1-21(2,3)28-20(26)24-13-19(25)23-12-15-7-9-18(10-8-15)27-14-16-5-4-6-17(22)11-16/h5,7-11H,4,6,12-14H2,1-3H3,(H,23,25)(H,24,26). The van der Waals surface area contributed by atoms with Crippen molar-refractivity contribution in [2.75, 3.05) is 13.2 Å². The first-order valence-corrected chi connectivity index (χ1v) is 9.22. The van der Waals surface area contributed by atoms with E-state index in [9.17, 15) is 14.0 Å². The Labute approximate surface area is 164 Å². The Morgan fingerprint density at radius 3 is 2.50 bits per heavy atom. The molecule has 7 heteroatoms. The molecule has 6 nitrogen and oxygen atoms in total. The lowest BCUT2D eigenvalue weighted by Gasteiger charge is -2.19. The molecule has 1 aliphatic carbocycles.